The Morgan fingerprint density at radius 1 is 1.24 bits per heavy atom. The average Bonchev–Trinajstić information content (AvgIpc) is 2.56. The maximum absolute atomic E-state index is 11.7. The van der Waals surface area contributed by atoms with E-state index in [0.717, 1.165) is 10.0 Å². The highest BCUT2D eigenvalue weighted by Crippen LogP contribution is 2.15. The smallest absolute Gasteiger partial charge is 0.344 e. The Balaban J connectivity index is 1.85. The topological polar surface area (TPSA) is 100 Å². The van der Waals surface area contributed by atoms with Gasteiger partial charge in [0.2, 0.25) is 0 Å². The van der Waals surface area contributed by atoms with Gasteiger partial charge in [0.05, 0.1) is 6.21 Å². The minimum absolute atomic E-state index is 0.437. The molecule has 0 heterocycles. The molecule has 8 heteroatoms. The number of anilines is 1. The summed E-state index contributed by atoms with van der Waals surface area (Å²) in [7, 11) is 0. The largest absolute Gasteiger partial charge is 0.479 e. The molecule has 2 amide bonds. The summed E-state index contributed by atoms with van der Waals surface area (Å²) in [6.07, 6.45) is 0.535. The number of urea groups is 1. The SMILES string of the molecule is C[C@H](Oc1ccc(/C=N/NC(=O)Nc2cccc(Br)c2)cc1)C(=O)O. The highest BCUT2D eigenvalue weighted by atomic mass is 79.9. The monoisotopic (exact) mass is 405 g/mol. The van der Waals surface area contributed by atoms with Crippen LogP contribution < -0.4 is 15.5 Å². The summed E-state index contributed by atoms with van der Waals surface area (Å²) in [5.41, 5.74) is 3.71. The van der Waals surface area contributed by atoms with E-state index < -0.39 is 18.1 Å². The van der Waals surface area contributed by atoms with Gasteiger partial charge in [0.15, 0.2) is 6.10 Å². The molecule has 0 radical (unpaired) electrons. The van der Waals surface area contributed by atoms with Crippen LogP contribution in [0, 0.1) is 0 Å². The number of carbonyl (C=O) groups excluding carboxylic acids is 1. The van der Waals surface area contributed by atoms with Gasteiger partial charge in [0, 0.05) is 10.2 Å². The summed E-state index contributed by atoms with van der Waals surface area (Å²) in [4.78, 5) is 22.5. The molecule has 2 aromatic rings. The molecule has 2 aromatic carbocycles. The predicted octanol–water partition coefficient (Wildman–Crippen LogP) is 3.46. The van der Waals surface area contributed by atoms with Crippen molar-refractivity contribution in [1.29, 1.82) is 0 Å². The second kappa shape index (κ2) is 8.84. The third-order valence-electron chi connectivity index (χ3n) is 3.00. The summed E-state index contributed by atoms with van der Waals surface area (Å²) in [5.74, 6) is -0.598. The van der Waals surface area contributed by atoms with Crippen LogP contribution in [0.5, 0.6) is 5.75 Å². The molecule has 130 valence electrons. The van der Waals surface area contributed by atoms with Gasteiger partial charge in [-0.1, -0.05) is 22.0 Å². The third-order valence-corrected chi connectivity index (χ3v) is 3.50. The molecule has 0 aliphatic heterocycles. The molecule has 0 saturated heterocycles. The molecule has 2 rings (SSSR count). The molecule has 0 spiro atoms. The van der Waals surface area contributed by atoms with Crippen LogP contribution in [-0.2, 0) is 4.79 Å². The lowest BCUT2D eigenvalue weighted by molar-refractivity contribution is -0.144. The zero-order valence-corrected chi connectivity index (χ0v) is 14.9. The van der Waals surface area contributed by atoms with E-state index in [1.807, 2.05) is 6.07 Å². The minimum atomic E-state index is -1.04. The first kappa shape index (κ1) is 18.5. The van der Waals surface area contributed by atoms with Gasteiger partial charge in [-0.05, 0) is 55.0 Å². The molecule has 0 fully saturated rings. The summed E-state index contributed by atoms with van der Waals surface area (Å²) in [6, 6.07) is 13.4. The first-order chi connectivity index (χ1) is 11.9. The van der Waals surface area contributed by atoms with Crippen LogP contribution in [0.15, 0.2) is 58.1 Å². The minimum Gasteiger partial charge on any atom is -0.479 e. The van der Waals surface area contributed by atoms with E-state index >= 15 is 0 Å². The van der Waals surface area contributed by atoms with Crippen molar-refractivity contribution in [3.8, 4) is 5.75 Å². The Bertz CT molecular complexity index is 778. The van der Waals surface area contributed by atoms with E-state index in [-0.39, 0.29) is 0 Å². The van der Waals surface area contributed by atoms with E-state index in [1.165, 1.54) is 13.1 Å². The zero-order chi connectivity index (χ0) is 18.2. The number of benzene rings is 2. The van der Waals surface area contributed by atoms with E-state index in [4.69, 9.17) is 9.84 Å². The summed E-state index contributed by atoms with van der Waals surface area (Å²) in [6.45, 7) is 1.45. The van der Waals surface area contributed by atoms with Crippen LogP contribution in [0.1, 0.15) is 12.5 Å². The number of carboxylic acid groups (broad SMARTS) is 1. The Morgan fingerprint density at radius 3 is 2.60 bits per heavy atom. The Hall–Kier alpha value is -2.87. The number of hydrogen-bond acceptors (Lipinski definition) is 4. The van der Waals surface area contributed by atoms with Crippen molar-refractivity contribution in [1.82, 2.24) is 5.43 Å². The Morgan fingerprint density at radius 2 is 1.96 bits per heavy atom. The predicted molar refractivity (Wildman–Crippen MR) is 98.1 cm³/mol. The fourth-order valence-electron chi connectivity index (χ4n) is 1.78. The molecule has 0 aliphatic carbocycles. The number of aliphatic carboxylic acids is 1. The second-order valence-corrected chi connectivity index (χ2v) is 5.92. The maximum atomic E-state index is 11.7. The molecule has 0 saturated carbocycles. The average molecular weight is 406 g/mol. The number of rotatable bonds is 6. The molecule has 0 unspecified atom stereocenters. The fraction of sp³-hybridized carbons (Fsp3) is 0.118. The van der Waals surface area contributed by atoms with Crippen LogP contribution in [0.4, 0.5) is 10.5 Å². The number of halogens is 1. The molecular formula is C17H16BrN3O4. The molecule has 3 N–H and O–H groups in total. The van der Waals surface area contributed by atoms with Crippen LogP contribution in [0.25, 0.3) is 0 Å². The lowest BCUT2D eigenvalue weighted by Crippen LogP contribution is -2.24. The molecule has 0 aromatic heterocycles. The van der Waals surface area contributed by atoms with Crippen molar-refractivity contribution in [3.63, 3.8) is 0 Å². The van der Waals surface area contributed by atoms with Gasteiger partial charge in [-0.15, -0.1) is 0 Å². The molecular weight excluding hydrogens is 390 g/mol. The molecule has 0 aliphatic rings. The fourth-order valence-corrected chi connectivity index (χ4v) is 2.18. The van der Waals surface area contributed by atoms with Crippen molar-refractivity contribution >= 4 is 39.8 Å². The third kappa shape index (κ3) is 6.27. The Kier molecular flexibility index (Phi) is 6.53. The van der Waals surface area contributed by atoms with Crippen molar-refractivity contribution in [3.05, 3.63) is 58.6 Å². The van der Waals surface area contributed by atoms with Crippen LogP contribution in [0.3, 0.4) is 0 Å². The van der Waals surface area contributed by atoms with Gasteiger partial charge in [-0.2, -0.15) is 5.10 Å². The molecule has 25 heavy (non-hydrogen) atoms. The number of hydrazone groups is 1. The van der Waals surface area contributed by atoms with Crippen LogP contribution in [0.2, 0.25) is 0 Å². The van der Waals surface area contributed by atoms with Crippen molar-refractivity contribution in [2.24, 2.45) is 5.10 Å². The quantitative estimate of drug-likeness (QED) is 0.505. The number of carboxylic acids is 1. The first-order valence-corrected chi connectivity index (χ1v) is 8.08. The van der Waals surface area contributed by atoms with E-state index in [9.17, 15) is 9.59 Å². The lowest BCUT2D eigenvalue weighted by atomic mass is 10.2. The highest BCUT2D eigenvalue weighted by Gasteiger charge is 2.11. The van der Waals surface area contributed by atoms with Gasteiger partial charge in [-0.25, -0.2) is 15.0 Å². The molecule has 7 nitrogen and oxygen atoms in total. The van der Waals surface area contributed by atoms with Gasteiger partial charge in [-0.3, -0.25) is 0 Å². The zero-order valence-electron chi connectivity index (χ0n) is 13.3. The number of nitrogens with one attached hydrogen (secondary N) is 2. The summed E-state index contributed by atoms with van der Waals surface area (Å²) in [5, 5.41) is 15.3. The number of ether oxygens (including phenoxy) is 1. The number of carbonyl (C=O) groups is 2. The number of hydrogen-bond donors (Lipinski definition) is 3. The lowest BCUT2D eigenvalue weighted by Gasteiger charge is -2.09. The van der Waals surface area contributed by atoms with Crippen molar-refractivity contribution in [2.45, 2.75) is 13.0 Å². The van der Waals surface area contributed by atoms with Crippen molar-refractivity contribution < 1.29 is 19.4 Å². The normalized spacial score (nSPS) is 11.8. The summed E-state index contributed by atoms with van der Waals surface area (Å²) < 4.78 is 6.08. The van der Waals surface area contributed by atoms with Crippen LogP contribution >= 0.6 is 15.9 Å². The standard InChI is InChI=1S/C17H16BrN3O4/c1-11(16(22)23)25-15-7-5-12(6-8-15)10-19-21-17(24)20-14-4-2-3-13(18)9-14/h2-11H,1H3,(H,22,23)(H2,20,21,24)/b19-10+/t11-/m0/s1. The molecule has 0 bridgehead atoms. The van der Waals surface area contributed by atoms with E-state index in [1.54, 1.807) is 42.5 Å². The van der Waals surface area contributed by atoms with Gasteiger partial charge in [0.1, 0.15) is 5.75 Å². The molecule has 1 atom stereocenters. The van der Waals surface area contributed by atoms with Crippen LogP contribution in [-0.4, -0.2) is 29.4 Å². The number of nitrogens with zero attached hydrogens (tertiary/aromatic N) is 1. The summed E-state index contributed by atoms with van der Waals surface area (Å²) >= 11 is 3.32. The van der Waals surface area contributed by atoms with E-state index in [2.05, 4.69) is 31.8 Å². The second-order valence-electron chi connectivity index (χ2n) is 5.00. The first-order valence-electron chi connectivity index (χ1n) is 7.29. The maximum Gasteiger partial charge on any atom is 0.344 e. The van der Waals surface area contributed by atoms with Gasteiger partial charge in [0.25, 0.3) is 0 Å². The Labute approximate surface area is 152 Å². The highest BCUT2D eigenvalue weighted by molar-refractivity contribution is 9.10. The van der Waals surface area contributed by atoms with Gasteiger partial charge >= 0.3 is 12.0 Å². The van der Waals surface area contributed by atoms with Crippen molar-refractivity contribution in [2.75, 3.05) is 5.32 Å². The van der Waals surface area contributed by atoms with E-state index in [0.29, 0.717) is 11.4 Å². The van der Waals surface area contributed by atoms with Gasteiger partial charge < -0.3 is 15.2 Å². The number of amides is 2.